The average molecular weight is 328 g/mol. The van der Waals surface area contributed by atoms with Crippen molar-refractivity contribution in [3.05, 3.63) is 42.0 Å². The van der Waals surface area contributed by atoms with Crippen LogP contribution in [-0.2, 0) is 4.79 Å². The van der Waals surface area contributed by atoms with Crippen molar-refractivity contribution < 1.29 is 9.53 Å². The molecule has 0 N–H and O–H groups in total. The third-order valence-corrected chi connectivity index (χ3v) is 5.22. The number of hydrogen-bond donors (Lipinski definition) is 0. The van der Waals surface area contributed by atoms with Gasteiger partial charge in [-0.1, -0.05) is 57.7 Å². The smallest absolute Gasteiger partial charge is 0.338 e. The summed E-state index contributed by atoms with van der Waals surface area (Å²) in [6, 6.07) is 8.06. The second-order valence-corrected chi connectivity index (χ2v) is 7.31. The fraction of sp³-hybridized carbons (Fsp3) is 0.591. The van der Waals surface area contributed by atoms with Crippen LogP contribution in [0.15, 0.2) is 36.4 Å². The van der Waals surface area contributed by atoms with Gasteiger partial charge in [-0.25, -0.2) is 4.79 Å². The highest BCUT2D eigenvalue weighted by molar-refractivity contribution is 5.88. The zero-order valence-corrected chi connectivity index (χ0v) is 15.4. The Hall–Kier alpha value is -1.57. The predicted octanol–water partition coefficient (Wildman–Crippen LogP) is 6.41. The molecule has 0 aromatic heterocycles. The molecule has 1 aliphatic rings. The molecule has 1 aromatic carbocycles. The molecule has 0 spiro atoms. The molecular weight excluding hydrogens is 296 g/mol. The molecule has 0 unspecified atom stereocenters. The van der Waals surface area contributed by atoms with E-state index >= 15 is 0 Å². The Morgan fingerprint density at radius 3 is 2.33 bits per heavy atom. The Morgan fingerprint density at radius 2 is 1.75 bits per heavy atom. The zero-order valence-electron chi connectivity index (χ0n) is 15.4. The van der Waals surface area contributed by atoms with Crippen molar-refractivity contribution in [2.24, 2.45) is 5.92 Å². The summed E-state index contributed by atoms with van der Waals surface area (Å²) in [5.74, 6) is 1.86. The van der Waals surface area contributed by atoms with Gasteiger partial charge in [0, 0.05) is 5.57 Å². The molecule has 1 saturated carbocycles. The van der Waals surface area contributed by atoms with Crippen molar-refractivity contribution in [2.75, 3.05) is 0 Å². The van der Waals surface area contributed by atoms with E-state index in [2.05, 4.69) is 25.6 Å². The number of unbranched alkanes of at least 4 members (excludes halogenated alkanes) is 3. The first kappa shape index (κ1) is 18.8. The largest absolute Gasteiger partial charge is 0.423 e. The van der Waals surface area contributed by atoms with Crippen molar-refractivity contribution in [3.8, 4) is 5.75 Å². The second kappa shape index (κ2) is 9.66. The Labute approximate surface area is 147 Å². The van der Waals surface area contributed by atoms with E-state index < -0.39 is 0 Å². The lowest BCUT2D eigenvalue weighted by Crippen LogP contribution is -2.13. The summed E-state index contributed by atoms with van der Waals surface area (Å²) in [6.07, 6.45) is 12.3. The highest BCUT2D eigenvalue weighted by Gasteiger charge is 2.22. The molecule has 1 aromatic rings. The van der Waals surface area contributed by atoms with Gasteiger partial charge in [0.2, 0.25) is 0 Å². The molecule has 0 saturated heterocycles. The lowest BCUT2D eigenvalue weighted by molar-refractivity contribution is -0.130. The van der Waals surface area contributed by atoms with Crippen LogP contribution in [0.5, 0.6) is 5.75 Å². The van der Waals surface area contributed by atoms with Crippen LogP contribution in [0.3, 0.4) is 0 Å². The van der Waals surface area contributed by atoms with Gasteiger partial charge in [-0.3, -0.25) is 0 Å². The monoisotopic (exact) mass is 328 g/mol. The number of ether oxygens (including phenoxy) is 1. The molecule has 2 heteroatoms. The summed E-state index contributed by atoms with van der Waals surface area (Å²) in [4.78, 5) is 11.5. The molecule has 0 amide bonds. The molecule has 2 rings (SSSR count). The molecule has 0 atom stereocenters. The van der Waals surface area contributed by atoms with Gasteiger partial charge in [0.05, 0.1) is 0 Å². The van der Waals surface area contributed by atoms with Crippen LogP contribution in [0, 0.1) is 5.92 Å². The number of carbonyl (C=O) groups excluding carboxylic acids is 1. The molecule has 1 fully saturated rings. The van der Waals surface area contributed by atoms with E-state index in [0.717, 1.165) is 5.92 Å². The highest BCUT2D eigenvalue weighted by Crippen LogP contribution is 2.38. The maximum atomic E-state index is 11.5. The van der Waals surface area contributed by atoms with Crippen LogP contribution in [0.2, 0.25) is 0 Å². The van der Waals surface area contributed by atoms with Crippen LogP contribution in [-0.4, -0.2) is 5.97 Å². The van der Waals surface area contributed by atoms with Gasteiger partial charge in [-0.05, 0) is 62.1 Å². The SMILES string of the molecule is C=C(C)C(=O)Oc1ccc(C2CCC(CCCCCC)CC2)cc1. The summed E-state index contributed by atoms with van der Waals surface area (Å²) in [7, 11) is 0. The van der Waals surface area contributed by atoms with E-state index in [-0.39, 0.29) is 5.97 Å². The molecule has 0 radical (unpaired) electrons. The predicted molar refractivity (Wildman–Crippen MR) is 100 cm³/mol. The lowest BCUT2D eigenvalue weighted by Gasteiger charge is -2.29. The molecule has 0 aliphatic heterocycles. The minimum absolute atomic E-state index is 0.355. The van der Waals surface area contributed by atoms with Gasteiger partial charge in [0.15, 0.2) is 0 Å². The number of rotatable bonds is 8. The number of esters is 1. The number of benzene rings is 1. The topological polar surface area (TPSA) is 26.3 Å². The summed E-state index contributed by atoms with van der Waals surface area (Å²) in [6.45, 7) is 7.54. The Balaban J connectivity index is 1.77. The number of hydrogen-bond acceptors (Lipinski definition) is 2. The normalized spacial score (nSPS) is 20.6. The van der Waals surface area contributed by atoms with E-state index in [9.17, 15) is 4.79 Å². The molecule has 0 bridgehead atoms. The van der Waals surface area contributed by atoms with Crippen molar-refractivity contribution in [2.45, 2.75) is 77.6 Å². The summed E-state index contributed by atoms with van der Waals surface area (Å²) >= 11 is 0. The van der Waals surface area contributed by atoms with E-state index in [0.29, 0.717) is 17.2 Å². The van der Waals surface area contributed by atoms with Crippen molar-refractivity contribution in [1.29, 1.82) is 0 Å². The molecule has 1 aliphatic carbocycles. The third kappa shape index (κ3) is 5.81. The summed E-state index contributed by atoms with van der Waals surface area (Å²) in [5.41, 5.74) is 1.81. The van der Waals surface area contributed by atoms with Gasteiger partial charge in [0.25, 0.3) is 0 Å². The van der Waals surface area contributed by atoms with Gasteiger partial charge in [-0.2, -0.15) is 0 Å². The van der Waals surface area contributed by atoms with Crippen LogP contribution in [0.1, 0.15) is 83.1 Å². The standard InChI is InChI=1S/C22H32O2/c1-4-5-6-7-8-18-9-11-19(12-10-18)20-13-15-21(16-14-20)24-22(23)17(2)3/h13-16,18-19H,2,4-12H2,1,3H3. The molecule has 132 valence electrons. The third-order valence-electron chi connectivity index (χ3n) is 5.22. The zero-order chi connectivity index (χ0) is 17.4. The first-order valence-corrected chi connectivity index (χ1v) is 9.57. The summed E-state index contributed by atoms with van der Waals surface area (Å²) in [5, 5.41) is 0. The van der Waals surface area contributed by atoms with E-state index in [1.807, 2.05) is 12.1 Å². The molecule has 24 heavy (non-hydrogen) atoms. The van der Waals surface area contributed by atoms with Crippen LogP contribution < -0.4 is 4.74 Å². The maximum absolute atomic E-state index is 11.5. The first-order chi connectivity index (χ1) is 11.6. The van der Waals surface area contributed by atoms with Gasteiger partial charge in [-0.15, -0.1) is 0 Å². The number of carbonyl (C=O) groups is 1. The maximum Gasteiger partial charge on any atom is 0.338 e. The summed E-state index contributed by atoms with van der Waals surface area (Å²) < 4.78 is 5.26. The Bertz CT molecular complexity index is 521. The van der Waals surface area contributed by atoms with Crippen molar-refractivity contribution in [3.63, 3.8) is 0 Å². The fourth-order valence-electron chi connectivity index (χ4n) is 3.65. The first-order valence-electron chi connectivity index (χ1n) is 9.57. The van der Waals surface area contributed by atoms with E-state index in [1.165, 1.54) is 63.4 Å². The molecular formula is C22H32O2. The van der Waals surface area contributed by atoms with Crippen LogP contribution >= 0.6 is 0 Å². The Kier molecular flexibility index (Phi) is 7.55. The Morgan fingerprint density at radius 1 is 1.08 bits per heavy atom. The van der Waals surface area contributed by atoms with Gasteiger partial charge >= 0.3 is 5.97 Å². The highest BCUT2D eigenvalue weighted by atomic mass is 16.5. The fourth-order valence-corrected chi connectivity index (χ4v) is 3.65. The van der Waals surface area contributed by atoms with Crippen LogP contribution in [0.4, 0.5) is 0 Å². The molecule has 0 heterocycles. The average Bonchev–Trinajstić information content (AvgIpc) is 2.60. The minimum Gasteiger partial charge on any atom is -0.423 e. The lowest BCUT2D eigenvalue weighted by atomic mass is 9.77. The molecule has 2 nitrogen and oxygen atoms in total. The van der Waals surface area contributed by atoms with Crippen molar-refractivity contribution in [1.82, 2.24) is 0 Å². The van der Waals surface area contributed by atoms with E-state index in [1.54, 1.807) is 6.92 Å². The van der Waals surface area contributed by atoms with Gasteiger partial charge < -0.3 is 4.74 Å². The minimum atomic E-state index is -0.355. The van der Waals surface area contributed by atoms with Gasteiger partial charge in [0.1, 0.15) is 5.75 Å². The van der Waals surface area contributed by atoms with Crippen molar-refractivity contribution >= 4 is 5.97 Å². The van der Waals surface area contributed by atoms with E-state index in [4.69, 9.17) is 4.74 Å². The quantitative estimate of drug-likeness (QED) is 0.238. The second-order valence-electron chi connectivity index (χ2n) is 7.31. The van der Waals surface area contributed by atoms with Crippen LogP contribution in [0.25, 0.3) is 0 Å².